The van der Waals surface area contributed by atoms with E-state index in [1.54, 1.807) is 12.0 Å². The second-order valence-electron chi connectivity index (χ2n) is 6.71. The third-order valence-electron chi connectivity index (χ3n) is 3.63. The van der Waals surface area contributed by atoms with Crippen molar-refractivity contribution in [1.29, 1.82) is 0 Å². The molecule has 1 N–H and O–H groups in total. The van der Waals surface area contributed by atoms with Crippen LogP contribution in [0, 0.1) is 0 Å². The van der Waals surface area contributed by atoms with Crippen LogP contribution in [0.2, 0.25) is 0 Å². The fourth-order valence-electron chi connectivity index (χ4n) is 2.43. The molecule has 2 fully saturated rings. The van der Waals surface area contributed by atoms with E-state index in [2.05, 4.69) is 5.32 Å². The second kappa shape index (κ2) is 12.6. The molecule has 0 atom stereocenters. The first-order chi connectivity index (χ1) is 10.9. The Balaban J connectivity index is 0.000000414. The average molecular weight is 331 g/mol. The lowest BCUT2D eigenvalue weighted by Gasteiger charge is -2.29. The van der Waals surface area contributed by atoms with Crippen molar-refractivity contribution in [1.82, 2.24) is 10.2 Å². The van der Waals surface area contributed by atoms with E-state index >= 15 is 0 Å². The molecule has 0 aliphatic carbocycles. The largest absolute Gasteiger partial charge is 0.444 e. The molecule has 0 aromatic carbocycles. The third kappa shape index (κ3) is 11.4. The summed E-state index contributed by atoms with van der Waals surface area (Å²) in [5.74, 6) is 0. The zero-order chi connectivity index (χ0) is 17.7. The van der Waals surface area contributed by atoms with E-state index in [-0.39, 0.29) is 11.7 Å². The first-order valence-corrected chi connectivity index (χ1v) is 9.14. The minimum absolute atomic E-state index is 0.160. The van der Waals surface area contributed by atoms with E-state index in [0.717, 1.165) is 39.0 Å². The number of piperidine rings is 2. The van der Waals surface area contributed by atoms with Crippen LogP contribution in [0.5, 0.6) is 0 Å². The van der Waals surface area contributed by atoms with Gasteiger partial charge < -0.3 is 19.7 Å². The van der Waals surface area contributed by atoms with Gasteiger partial charge in [-0.1, -0.05) is 13.8 Å². The Morgan fingerprint density at radius 2 is 1.57 bits per heavy atom. The average Bonchev–Trinajstić information content (AvgIpc) is 2.57. The van der Waals surface area contributed by atoms with Crippen LogP contribution in [0.25, 0.3) is 0 Å². The van der Waals surface area contributed by atoms with E-state index < -0.39 is 0 Å². The highest BCUT2D eigenvalue weighted by Gasteiger charge is 2.22. The predicted molar refractivity (Wildman–Crippen MR) is 95.9 cm³/mol. The van der Waals surface area contributed by atoms with Crippen molar-refractivity contribution >= 4 is 6.09 Å². The smallest absolute Gasteiger partial charge is 0.410 e. The quantitative estimate of drug-likeness (QED) is 0.794. The predicted octanol–water partition coefficient (Wildman–Crippen LogP) is 3.82. The van der Waals surface area contributed by atoms with Crippen molar-refractivity contribution in [3.8, 4) is 0 Å². The fourth-order valence-corrected chi connectivity index (χ4v) is 2.43. The van der Waals surface area contributed by atoms with Crippen LogP contribution < -0.4 is 5.32 Å². The molecule has 2 saturated heterocycles. The number of ether oxygens (including phenoxy) is 2. The number of nitrogens with zero attached hydrogens (tertiary/aromatic N) is 1. The SMILES string of the molecule is CC.CC(C)(C)OC(=O)N1CCCCC1.COC1CCNCC1. The van der Waals surface area contributed by atoms with Gasteiger partial charge >= 0.3 is 6.09 Å². The van der Waals surface area contributed by atoms with Crippen molar-refractivity contribution < 1.29 is 14.3 Å². The van der Waals surface area contributed by atoms with Gasteiger partial charge in [-0.05, 0) is 66.0 Å². The molecule has 23 heavy (non-hydrogen) atoms. The molecule has 0 saturated carbocycles. The summed E-state index contributed by atoms with van der Waals surface area (Å²) in [6.45, 7) is 13.7. The molecule has 2 aliphatic rings. The summed E-state index contributed by atoms with van der Waals surface area (Å²) in [5.41, 5.74) is -0.367. The number of amides is 1. The lowest BCUT2D eigenvalue weighted by atomic mass is 10.1. The molecule has 138 valence electrons. The van der Waals surface area contributed by atoms with Crippen molar-refractivity contribution in [2.75, 3.05) is 33.3 Å². The first kappa shape index (κ1) is 22.2. The Bertz CT molecular complexity index is 291. The number of carbonyl (C=O) groups excluding carboxylic acids is 1. The van der Waals surface area contributed by atoms with Crippen molar-refractivity contribution in [3.05, 3.63) is 0 Å². The molecule has 5 nitrogen and oxygen atoms in total. The Kier molecular flexibility index (Phi) is 12.1. The zero-order valence-electron chi connectivity index (χ0n) is 16.1. The van der Waals surface area contributed by atoms with Crippen LogP contribution in [0.15, 0.2) is 0 Å². The molecular weight excluding hydrogens is 292 g/mol. The number of hydrogen-bond donors (Lipinski definition) is 1. The van der Waals surface area contributed by atoms with Gasteiger partial charge in [0.2, 0.25) is 0 Å². The summed E-state index contributed by atoms with van der Waals surface area (Å²) in [4.78, 5) is 13.3. The summed E-state index contributed by atoms with van der Waals surface area (Å²) < 4.78 is 10.4. The highest BCUT2D eigenvalue weighted by atomic mass is 16.6. The van der Waals surface area contributed by atoms with E-state index in [9.17, 15) is 4.79 Å². The highest BCUT2D eigenvalue weighted by molar-refractivity contribution is 5.68. The maximum Gasteiger partial charge on any atom is 0.410 e. The van der Waals surface area contributed by atoms with Crippen molar-refractivity contribution in [2.24, 2.45) is 0 Å². The Labute approximate surface area is 143 Å². The molecule has 2 rings (SSSR count). The van der Waals surface area contributed by atoms with Crippen LogP contribution in [-0.4, -0.2) is 56.0 Å². The molecule has 0 aromatic heterocycles. The van der Waals surface area contributed by atoms with Gasteiger partial charge in [-0.3, -0.25) is 0 Å². The summed E-state index contributed by atoms with van der Waals surface area (Å²) in [5, 5.41) is 3.27. The molecular formula is C18H38N2O3. The normalized spacial score (nSPS) is 19.0. The van der Waals surface area contributed by atoms with Crippen molar-refractivity contribution in [3.63, 3.8) is 0 Å². The van der Waals surface area contributed by atoms with E-state index in [1.807, 2.05) is 34.6 Å². The second-order valence-corrected chi connectivity index (χ2v) is 6.71. The topological polar surface area (TPSA) is 50.8 Å². The van der Waals surface area contributed by atoms with E-state index in [1.165, 1.54) is 19.3 Å². The Hall–Kier alpha value is -0.810. The monoisotopic (exact) mass is 330 g/mol. The van der Waals surface area contributed by atoms with E-state index in [4.69, 9.17) is 9.47 Å². The number of rotatable bonds is 1. The molecule has 0 spiro atoms. The van der Waals surface area contributed by atoms with Crippen LogP contribution in [0.1, 0.15) is 66.7 Å². The summed E-state index contributed by atoms with van der Waals surface area (Å²) in [6, 6.07) is 0. The molecule has 5 heteroatoms. The summed E-state index contributed by atoms with van der Waals surface area (Å²) >= 11 is 0. The third-order valence-corrected chi connectivity index (χ3v) is 3.63. The van der Waals surface area contributed by atoms with E-state index in [0.29, 0.717) is 6.10 Å². The summed E-state index contributed by atoms with van der Waals surface area (Å²) in [6.07, 6.45) is 6.17. The lowest BCUT2D eigenvalue weighted by Crippen LogP contribution is -2.39. The van der Waals surface area contributed by atoms with Gasteiger partial charge in [-0.2, -0.15) is 0 Å². The fraction of sp³-hybridized carbons (Fsp3) is 0.944. The van der Waals surface area contributed by atoms with Crippen LogP contribution in [0.4, 0.5) is 4.79 Å². The van der Waals surface area contributed by atoms with Crippen molar-refractivity contribution in [2.45, 2.75) is 78.4 Å². The minimum atomic E-state index is -0.367. The number of hydrogen-bond acceptors (Lipinski definition) is 4. The van der Waals surface area contributed by atoms with Gasteiger partial charge in [-0.25, -0.2) is 4.79 Å². The number of methoxy groups -OCH3 is 1. The molecule has 0 bridgehead atoms. The van der Waals surface area contributed by atoms with Gasteiger partial charge in [-0.15, -0.1) is 0 Å². The lowest BCUT2D eigenvalue weighted by molar-refractivity contribution is 0.0216. The molecule has 2 heterocycles. The first-order valence-electron chi connectivity index (χ1n) is 9.14. The maximum atomic E-state index is 11.5. The Morgan fingerprint density at radius 3 is 1.96 bits per heavy atom. The molecule has 0 radical (unpaired) electrons. The van der Waals surface area contributed by atoms with Gasteiger partial charge in [0, 0.05) is 20.2 Å². The molecule has 1 amide bonds. The highest BCUT2D eigenvalue weighted by Crippen LogP contribution is 2.14. The maximum absolute atomic E-state index is 11.5. The number of likely N-dealkylation sites (tertiary alicyclic amines) is 1. The van der Waals surface area contributed by atoms with Crippen LogP contribution in [0.3, 0.4) is 0 Å². The van der Waals surface area contributed by atoms with Gasteiger partial charge in [0.1, 0.15) is 5.60 Å². The molecule has 2 aliphatic heterocycles. The van der Waals surface area contributed by atoms with Gasteiger partial charge in [0.25, 0.3) is 0 Å². The number of nitrogens with one attached hydrogen (secondary N) is 1. The van der Waals surface area contributed by atoms with Gasteiger partial charge in [0.15, 0.2) is 0 Å². The Morgan fingerprint density at radius 1 is 1.04 bits per heavy atom. The molecule has 0 aromatic rings. The summed E-state index contributed by atoms with van der Waals surface area (Å²) in [7, 11) is 1.79. The zero-order valence-corrected chi connectivity index (χ0v) is 16.1. The van der Waals surface area contributed by atoms with Gasteiger partial charge in [0.05, 0.1) is 6.10 Å². The van der Waals surface area contributed by atoms with Crippen LogP contribution in [-0.2, 0) is 9.47 Å². The minimum Gasteiger partial charge on any atom is -0.444 e. The standard InChI is InChI=1S/C10H19NO2.C6H13NO.C2H6/c1-10(2,3)13-9(12)11-7-5-4-6-8-11;1-8-6-2-4-7-5-3-6;1-2/h4-8H2,1-3H3;6-7H,2-5H2,1H3;1-2H3. The number of carbonyl (C=O) groups is 1. The molecule has 0 unspecified atom stereocenters. The van der Waals surface area contributed by atoms with Crippen LogP contribution >= 0.6 is 0 Å².